The number of hydrogen-bond donors (Lipinski definition) is 3. The molecule has 58 heavy (non-hydrogen) atoms. The molecule has 16 heteroatoms. The van der Waals surface area contributed by atoms with Gasteiger partial charge < -0.3 is 62.9 Å². The van der Waals surface area contributed by atoms with Crippen LogP contribution in [0.1, 0.15) is 99.8 Å². The molecule has 0 bridgehead atoms. The molecule has 2 saturated heterocycles. The standard InChI is InChI=1S/C42H69NO15/c1-11-16-32(47)56-40-27(6)53-34(23-42(40,7)50)57-37-26(5)54-41(36(49)35(37)43(8)9)58-38-28(19-20-44)21-24(3)30(55-31(46)12-2)18-15-13-14-17-25(4)52-33(48)22-29(45)39(38)51-10/h13-15,18,20,24-30,34-41,45,49-50H,11-12,16-17,19,21-23H2,1-10H3/b14-13+,18-15+/t24-,25-,26-,27+,28+,29-,30+,34+,35-,36-,37-,38+,39+,40+,41+,42-/m1/s1. The van der Waals surface area contributed by atoms with Crippen LogP contribution in [-0.4, -0.2) is 151 Å². The van der Waals surface area contributed by atoms with E-state index in [-0.39, 0.29) is 38.0 Å². The van der Waals surface area contributed by atoms with Crippen LogP contribution in [-0.2, 0) is 57.1 Å². The maximum Gasteiger partial charge on any atom is 0.308 e. The van der Waals surface area contributed by atoms with Gasteiger partial charge in [0.2, 0.25) is 0 Å². The van der Waals surface area contributed by atoms with Crippen LogP contribution in [0.5, 0.6) is 0 Å². The summed E-state index contributed by atoms with van der Waals surface area (Å²) in [5, 5.41) is 35.0. The molecule has 3 aliphatic heterocycles. The van der Waals surface area contributed by atoms with E-state index < -0.39 is 116 Å². The molecule has 0 saturated carbocycles. The lowest BCUT2D eigenvalue weighted by atomic mass is 9.82. The smallest absolute Gasteiger partial charge is 0.308 e. The van der Waals surface area contributed by atoms with Crippen LogP contribution in [0.3, 0.4) is 0 Å². The SMILES string of the molecule is CCCC(=O)O[C@H]1[C@H](C)O[C@@H](O[C@H]2[C@H](N(C)C)[C@@H](O)[C@H](O[C@H]3[C@@H](CC=O)C[C@@H](C)[C@@H](OC(=O)CC)/C=C/C=C/C[C@@H](C)OC(=O)C[C@@H](O)[C@@H]3OC)O[C@@H]2C)C[C@@]1(C)O. The predicted octanol–water partition coefficient (Wildman–Crippen LogP) is 3.16. The third-order valence-corrected chi connectivity index (χ3v) is 11.0. The van der Waals surface area contributed by atoms with E-state index >= 15 is 0 Å². The summed E-state index contributed by atoms with van der Waals surface area (Å²) in [5.41, 5.74) is -1.49. The van der Waals surface area contributed by atoms with Crippen molar-refractivity contribution in [3.63, 3.8) is 0 Å². The van der Waals surface area contributed by atoms with Crippen molar-refractivity contribution in [2.24, 2.45) is 11.8 Å². The van der Waals surface area contributed by atoms with Crippen molar-refractivity contribution >= 4 is 24.2 Å². The summed E-state index contributed by atoms with van der Waals surface area (Å²) in [6.07, 6.45) is -3.09. The van der Waals surface area contributed by atoms with E-state index in [2.05, 4.69) is 0 Å². The zero-order chi connectivity index (χ0) is 43.3. The van der Waals surface area contributed by atoms with E-state index in [1.807, 2.05) is 19.9 Å². The highest BCUT2D eigenvalue weighted by molar-refractivity contribution is 5.70. The average Bonchev–Trinajstić information content (AvgIpc) is 3.13. The first kappa shape index (κ1) is 49.6. The van der Waals surface area contributed by atoms with Gasteiger partial charge in [-0.1, -0.05) is 39.0 Å². The van der Waals surface area contributed by atoms with Crippen LogP contribution >= 0.6 is 0 Å². The van der Waals surface area contributed by atoms with E-state index in [9.17, 15) is 34.5 Å². The number of carbonyl (C=O) groups excluding carboxylic acids is 4. The Bertz CT molecular complexity index is 1370. The summed E-state index contributed by atoms with van der Waals surface area (Å²) in [6.45, 7) is 12.1. The number of esters is 3. The van der Waals surface area contributed by atoms with Crippen LogP contribution in [0.4, 0.5) is 0 Å². The quantitative estimate of drug-likeness (QED) is 0.139. The predicted molar refractivity (Wildman–Crippen MR) is 210 cm³/mol. The normalized spacial score (nSPS) is 40.6. The lowest BCUT2D eigenvalue weighted by Crippen LogP contribution is -2.66. The Morgan fingerprint density at radius 2 is 1.69 bits per heavy atom. The van der Waals surface area contributed by atoms with Gasteiger partial charge in [0.05, 0.1) is 36.9 Å². The molecule has 16 nitrogen and oxygen atoms in total. The molecule has 0 aromatic rings. The summed E-state index contributed by atoms with van der Waals surface area (Å²) < 4.78 is 48.3. The Morgan fingerprint density at radius 1 is 0.983 bits per heavy atom. The molecular weight excluding hydrogens is 758 g/mol. The lowest BCUT2D eigenvalue weighted by Gasteiger charge is -2.50. The molecule has 0 spiro atoms. The Hall–Kier alpha value is -2.80. The van der Waals surface area contributed by atoms with Gasteiger partial charge in [0.25, 0.3) is 0 Å². The van der Waals surface area contributed by atoms with Gasteiger partial charge in [-0.25, -0.2) is 0 Å². The minimum Gasteiger partial charge on any atom is -0.462 e. The monoisotopic (exact) mass is 827 g/mol. The summed E-state index contributed by atoms with van der Waals surface area (Å²) in [7, 11) is 4.85. The fourth-order valence-corrected chi connectivity index (χ4v) is 8.04. The fourth-order valence-electron chi connectivity index (χ4n) is 8.04. The second kappa shape index (κ2) is 23.3. The van der Waals surface area contributed by atoms with Crippen molar-refractivity contribution in [3.8, 4) is 0 Å². The summed E-state index contributed by atoms with van der Waals surface area (Å²) in [4.78, 5) is 51.9. The largest absolute Gasteiger partial charge is 0.462 e. The molecule has 332 valence electrons. The molecule has 16 atom stereocenters. The number of carbonyl (C=O) groups is 4. The van der Waals surface area contributed by atoms with Crippen molar-refractivity contribution in [2.45, 2.75) is 185 Å². The van der Waals surface area contributed by atoms with Gasteiger partial charge in [-0.3, -0.25) is 14.4 Å². The summed E-state index contributed by atoms with van der Waals surface area (Å²) in [6, 6.07) is -0.772. The molecular formula is C42H69NO15. The molecule has 0 amide bonds. The number of aliphatic hydroxyl groups is 3. The van der Waals surface area contributed by atoms with Gasteiger partial charge in [0.1, 0.15) is 42.4 Å². The number of ether oxygens (including phenoxy) is 8. The van der Waals surface area contributed by atoms with E-state index in [0.29, 0.717) is 12.8 Å². The van der Waals surface area contributed by atoms with Gasteiger partial charge >= 0.3 is 17.9 Å². The summed E-state index contributed by atoms with van der Waals surface area (Å²) in [5.74, 6) is -2.57. The molecule has 3 aliphatic rings. The van der Waals surface area contributed by atoms with Crippen molar-refractivity contribution in [3.05, 3.63) is 24.3 Å². The minimum atomic E-state index is -1.49. The van der Waals surface area contributed by atoms with Gasteiger partial charge in [0, 0.05) is 39.2 Å². The van der Waals surface area contributed by atoms with E-state index in [4.69, 9.17) is 37.9 Å². The maximum atomic E-state index is 13.0. The lowest BCUT2D eigenvalue weighted by molar-refractivity contribution is -0.344. The highest BCUT2D eigenvalue weighted by atomic mass is 16.7. The third kappa shape index (κ3) is 13.9. The Morgan fingerprint density at radius 3 is 2.29 bits per heavy atom. The molecule has 3 heterocycles. The Kier molecular flexibility index (Phi) is 19.9. The van der Waals surface area contributed by atoms with Crippen LogP contribution in [0.25, 0.3) is 0 Å². The molecule has 0 aliphatic carbocycles. The molecule has 0 aromatic carbocycles. The number of likely N-dealkylation sites (N-methyl/N-ethyl adjacent to an activating group) is 1. The molecule has 0 unspecified atom stereocenters. The molecule has 3 N–H and O–H groups in total. The Balaban J connectivity index is 1.97. The molecule has 3 rings (SSSR count). The zero-order valence-electron chi connectivity index (χ0n) is 35.9. The highest BCUT2D eigenvalue weighted by Crippen LogP contribution is 2.37. The van der Waals surface area contributed by atoms with Crippen LogP contribution in [0, 0.1) is 11.8 Å². The fraction of sp³-hybridized carbons (Fsp3) is 0.810. The van der Waals surface area contributed by atoms with Crippen molar-refractivity contribution in [1.82, 2.24) is 4.90 Å². The molecule has 0 radical (unpaired) electrons. The number of aliphatic hydroxyl groups excluding tert-OH is 2. The molecule has 0 aromatic heterocycles. The third-order valence-electron chi connectivity index (χ3n) is 11.0. The number of aldehydes is 1. The molecule has 2 fully saturated rings. The van der Waals surface area contributed by atoms with Crippen molar-refractivity contribution in [1.29, 1.82) is 0 Å². The van der Waals surface area contributed by atoms with Crippen LogP contribution < -0.4 is 0 Å². The van der Waals surface area contributed by atoms with E-state index in [1.54, 1.807) is 71.8 Å². The number of nitrogens with zero attached hydrogens (tertiary/aromatic N) is 1. The number of cyclic esters (lactones) is 1. The van der Waals surface area contributed by atoms with Crippen molar-refractivity contribution < 1.29 is 72.4 Å². The second-order valence-electron chi connectivity index (χ2n) is 16.4. The summed E-state index contributed by atoms with van der Waals surface area (Å²) >= 11 is 0. The van der Waals surface area contributed by atoms with E-state index in [0.717, 1.165) is 6.29 Å². The van der Waals surface area contributed by atoms with Crippen molar-refractivity contribution in [2.75, 3.05) is 21.2 Å². The number of allylic oxidation sites excluding steroid dienone is 2. The number of rotatable bonds is 13. The Labute approximate surface area is 343 Å². The van der Waals surface area contributed by atoms with Gasteiger partial charge in [0.15, 0.2) is 18.7 Å². The minimum absolute atomic E-state index is 0.0386. The first-order valence-corrected chi connectivity index (χ1v) is 20.6. The van der Waals surface area contributed by atoms with Gasteiger partial charge in [-0.2, -0.15) is 0 Å². The first-order chi connectivity index (χ1) is 27.4. The average molecular weight is 828 g/mol. The topological polar surface area (TPSA) is 206 Å². The first-order valence-electron chi connectivity index (χ1n) is 20.6. The highest BCUT2D eigenvalue weighted by Gasteiger charge is 2.52. The zero-order valence-corrected chi connectivity index (χ0v) is 35.9. The maximum absolute atomic E-state index is 13.0. The van der Waals surface area contributed by atoms with Crippen LogP contribution in [0.15, 0.2) is 24.3 Å². The second-order valence-corrected chi connectivity index (χ2v) is 16.4. The van der Waals surface area contributed by atoms with E-state index in [1.165, 1.54) is 7.11 Å². The van der Waals surface area contributed by atoms with Crippen LogP contribution in [0.2, 0.25) is 0 Å². The van der Waals surface area contributed by atoms with Gasteiger partial charge in [-0.15, -0.1) is 0 Å². The van der Waals surface area contributed by atoms with Gasteiger partial charge in [-0.05, 0) is 72.5 Å². The number of methoxy groups -OCH3 is 1. The number of hydrogen-bond acceptors (Lipinski definition) is 16.